The third kappa shape index (κ3) is 36.4. The van der Waals surface area contributed by atoms with Crippen LogP contribution < -0.4 is 5.32 Å². The van der Waals surface area contributed by atoms with Crippen molar-refractivity contribution in [2.45, 2.75) is 533 Å². The van der Waals surface area contributed by atoms with Crippen molar-refractivity contribution in [2.75, 3.05) is 20.8 Å². The van der Waals surface area contributed by atoms with Gasteiger partial charge in [0.25, 0.3) is 0 Å². The molecular weight excluding hydrogens is 1990 g/mol. The van der Waals surface area contributed by atoms with E-state index in [0.29, 0.717) is 38.5 Å². The van der Waals surface area contributed by atoms with Crippen LogP contribution in [0, 0.1) is 17.8 Å². The minimum Gasteiger partial charge on any atom is -0.462 e. The van der Waals surface area contributed by atoms with Gasteiger partial charge in [0, 0.05) is 50.2 Å². The summed E-state index contributed by atoms with van der Waals surface area (Å²) in [7, 11) is -19.0. The summed E-state index contributed by atoms with van der Waals surface area (Å²) in [5, 5.41) is 8.33. The molecule has 0 spiro atoms. The smallest absolute Gasteiger partial charge is 0.407 e. The fraction of sp³-hybridized carbons (Fsp3) is 0.754. The summed E-state index contributed by atoms with van der Waals surface area (Å²) in [6, 6.07) is 41.0. The molecule has 0 aromatic heterocycles. The predicted molar refractivity (Wildman–Crippen MR) is 638 cm³/mol. The van der Waals surface area contributed by atoms with Crippen LogP contribution in [0.3, 0.4) is 0 Å². The van der Waals surface area contributed by atoms with E-state index < -0.39 is 166 Å². The summed E-state index contributed by atoms with van der Waals surface area (Å²) in [6.07, 6.45) is 26.1. The number of hydrogen-bond acceptors (Lipinski definition) is 19. The van der Waals surface area contributed by atoms with Crippen molar-refractivity contribution in [3.05, 3.63) is 145 Å². The van der Waals surface area contributed by atoms with Crippen molar-refractivity contribution in [2.24, 2.45) is 22.9 Å². The van der Waals surface area contributed by atoms with Crippen molar-refractivity contribution in [1.82, 2.24) is 5.32 Å². The topological polar surface area (TPSA) is 206 Å². The second-order valence-corrected chi connectivity index (χ2v) is 85.8. The Labute approximate surface area is 906 Å². The average Bonchev–Trinajstić information content (AvgIpc) is 1.60. The van der Waals surface area contributed by atoms with Crippen LogP contribution in [0.15, 0.2) is 139 Å². The molecule has 20 nitrogen and oxygen atoms in total. The monoisotopic (exact) mass is 2200 g/mol. The van der Waals surface area contributed by atoms with Gasteiger partial charge in [-0.3, -0.25) is 4.79 Å². The Hall–Kier alpha value is -3.74. The number of nitrogens with zero attached hydrogens (tertiary/aromatic N) is 1. The van der Waals surface area contributed by atoms with Crippen LogP contribution >= 0.6 is 0 Å². The highest BCUT2D eigenvalue weighted by Gasteiger charge is 2.57. The van der Waals surface area contributed by atoms with E-state index >= 15 is 9.59 Å². The van der Waals surface area contributed by atoms with Crippen LogP contribution in [-0.4, -0.2) is 211 Å². The number of methoxy groups -OCH3 is 1. The van der Waals surface area contributed by atoms with Gasteiger partial charge < -0.3 is 78.4 Å². The lowest BCUT2D eigenvalue weighted by atomic mass is 9.83. The van der Waals surface area contributed by atoms with Gasteiger partial charge in [0.1, 0.15) is 25.9 Å². The normalized spacial score (nSPS) is 28.2. The van der Waals surface area contributed by atoms with Crippen LogP contribution in [0.5, 0.6) is 0 Å². The molecule has 2 fully saturated rings. The molecule has 19 atom stereocenters. The van der Waals surface area contributed by atoms with Crippen LogP contribution in [0.25, 0.3) is 11.1 Å². The maximum Gasteiger partial charge on any atom is 0.407 e. The molecule has 2 saturated heterocycles. The number of rotatable bonds is 53. The van der Waals surface area contributed by atoms with E-state index in [4.69, 9.17) is 78.2 Å². The van der Waals surface area contributed by atoms with Crippen LogP contribution in [0.4, 0.5) is 4.79 Å². The fourth-order valence-electron chi connectivity index (χ4n) is 24.0. The van der Waals surface area contributed by atoms with E-state index in [1.165, 1.54) is 0 Å². The molecule has 2 bridgehead atoms. The Morgan fingerprint density at radius 3 is 1.20 bits per heavy atom. The Balaban J connectivity index is 1.76. The highest BCUT2D eigenvalue weighted by Crippen LogP contribution is 2.49. The molecule has 1 amide bonds. The Bertz CT molecular complexity index is 4170. The van der Waals surface area contributed by atoms with Crippen LogP contribution in [-0.2, 0) is 77.9 Å². The largest absolute Gasteiger partial charge is 0.462 e. The van der Waals surface area contributed by atoms with Gasteiger partial charge >= 0.3 is 12.1 Å². The molecule has 0 radical (unpaired) electrons. The number of fused-ring (bicyclic) bond motifs is 5. The third-order valence-electron chi connectivity index (χ3n) is 36.8. The maximum absolute atomic E-state index is 15.6. The van der Waals surface area contributed by atoms with Crippen molar-refractivity contribution >= 4 is 93.1 Å². The quantitative estimate of drug-likeness (QED) is 0.0283. The molecule has 1 N–H and O–H groups in total. The number of amides is 1. The highest BCUT2D eigenvalue weighted by atomic mass is 28.4. The predicted octanol–water partition coefficient (Wildman–Crippen LogP) is 32.8. The summed E-state index contributed by atoms with van der Waals surface area (Å²) in [4.78, 5) is 37.0. The lowest BCUT2D eigenvalue weighted by molar-refractivity contribution is -0.310. The molecule has 3 heterocycles. The number of allylic oxidation sites excluding steroid dienone is 12. The lowest BCUT2D eigenvalue weighted by Gasteiger charge is -2.52. The van der Waals surface area contributed by atoms with Crippen molar-refractivity contribution < 1.29 is 82.7 Å². The first-order chi connectivity index (χ1) is 70.5. The zero-order chi connectivity index (χ0) is 109. The average molecular weight is 2200 g/mol. The summed E-state index contributed by atoms with van der Waals surface area (Å²) >= 11 is 0. The standard InChI is InChI=1S/C118H214N2O18Si9/c1-34-139(35-2,36-3)130-98-83-84-107(133-142(43-10,44-11)45-12)109(134-143(46-13,47-14)48-15)87-100(132-141(40-7,41-8)42-9)89-118(123-32)90-110(135-144(49-16,50-17)51-18)105(91-119-124-33)108(129-118)86-97(78-72-70-68-66-64-62-61-63-65-67-69-71-77-93(28)113(136-145(52-19,53-20)54-21)94(29)95(30)126-111(121)88-99(85-98)131-140(37-4,38-5)39-6)128-116-115(138-147(58-25,59-26)60-27)112(114(96(31)127-116)137-146(55-22,56-23)57-24)120-117(122)125-92-106-103-81-75-73-79-101(103)102-80-74-76-82-104(102)106/h61-82,91,93-100,105-110,112-116H,34-60,83-90,92H2,1-33H3,(H,120,122)/b62-61+,65-63+,66-64+,69-67+,70-68+,77-71+,78-72+,119-91+/t93-,94-,95-,96+,97-,98+,99+,100-,105-,107+,108-,109+,110-,112-,113+,114+,115-,116-,118+/m0/s1. The second-order valence-electron chi connectivity index (χ2n) is 43.3. The molecule has 2 aromatic carbocycles. The number of nitrogens with one attached hydrogen (secondary N) is 1. The summed E-state index contributed by atoms with van der Waals surface area (Å²) < 4.78 is 118. The first-order valence-electron chi connectivity index (χ1n) is 59.2. The number of carbonyl (C=O) groups excluding carboxylic acids is 2. The van der Waals surface area contributed by atoms with Gasteiger partial charge in [0.05, 0.1) is 79.7 Å². The van der Waals surface area contributed by atoms with Crippen LogP contribution in [0.1, 0.15) is 283 Å². The zero-order valence-electron chi connectivity index (χ0n) is 99.0. The van der Waals surface area contributed by atoms with Gasteiger partial charge in [-0.1, -0.05) is 340 Å². The highest BCUT2D eigenvalue weighted by molar-refractivity contribution is 6.77. The van der Waals surface area contributed by atoms with Gasteiger partial charge in [-0.15, -0.1) is 0 Å². The first kappa shape index (κ1) is 132. The molecule has 1 aliphatic carbocycles. The van der Waals surface area contributed by atoms with E-state index in [1.54, 1.807) is 7.11 Å². The molecule has 4 aliphatic rings. The van der Waals surface area contributed by atoms with E-state index in [0.717, 1.165) is 185 Å². The van der Waals surface area contributed by atoms with Gasteiger partial charge in [0.2, 0.25) is 0 Å². The summed E-state index contributed by atoms with van der Waals surface area (Å²) in [6.45, 7) is 71.2. The summed E-state index contributed by atoms with van der Waals surface area (Å²) in [5.41, 5.74) is 4.57. The molecule has 29 heteroatoms. The first-order valence-corrected chi connectivity index (χ1v) is 82.0. The minimum absolute atomic E-state index is 0.0132. The molecule has 2 aromatic rings. The number of oxime groups is 1. The molecule has 3 aliphatic heterocycles. The fourth-order valence-corrected chi connectivity index (χ4v) is 50.2. The number of hydrogen-bond donors (Lipinski definition) is 1. The Kier molecular flexibility index (Phi) is 58.7. The maximum atomic E-state index is 15.6. The van der Waals surface area contributed by atoms with Gasteiger partial charge in [-0.2, -0.15) is 0 Å². The molecular formula is C118H214N2O18Si9. The minimum atomic E-state index is -2.69. The number of carbonyl (C=O) groups is 2. The van der Waals surface area contributed by atoms with E-state index in [-0.39, 0.29) is 61.5 Å². The number of alkyl carbamates (subject to hydrolysis) is 1. The number of ether oxygens (including phenoxy) is 6. The van der Waals surface area contributed by atoms with E-state index in [2.05, 4.69) is 311 Å². The SMILES string of the molecule is CC[Si](CC)(CC)O[C@@H]1CC[C@@H](O[Si](CC)(CC)CC)[C@H](O[Si](CC)(CC)CC)C[C@H](O[Si](CC)(CC)CC)C[C@]2(OC)C[C@H](O[Si](CC)(CC)CC)[C@@H](/C=N/OC)[C@H](C[C@@H](O[C@@H]3O[C@H](C)[C@@H](O[Si](CC)(CC)CC)[C@H](NC(=O)OCC4c5ccccc5-c5ccccc54)[C@@H]3O[Si](CC)(CC)CC)/C=C/C=C/C=C/C=C/C=C/C=C/C=C/[C@H](C)[C@@H](O[Si](CC)(CC)CC)[C@@H](C)[C@H](C)OC(=O)C[C@H](O[Si](CC)(CC)CC)C1)O2. The molecule has 0 saturated carbocycles. The number of cyclic esters (lactones) is 1. The number of esters is 1. The van der Waals surface area contributed by atoms with Crippen molar-refractivity contribution in [3.63, 3.8) is 0 Å². The lowest BCUT2D eigenvalue weighted by Crippen LogP contribution is -2.69. The van der Waals surface area contributed by atoms with E-state index in [9.17, 15) is 0 Å². The second kappa shape index (κ2) is 65.5. The van der Waals surface area contributed by atoms with Crippen molar-refractivity contribution in [3.8, 4) is 11.1 Å². The van der Waals surface area contributed by atoms with Crippen LogP contribution in [0.2, 0.25) is 163 Å². The molecule has 6 rings (SSSR count). The third-order valence-corrected chi connectivity index (χ3v) is 78.9. The molecule has 147 heavy (non-hydrogen) atoms. The summed E-state index contributed by atoms with van der Waals surface area (Å²) in [5.74, 6) is -2.37. The van der Waals surface area contributed by atoms with Crippen molar-refractivity contribution in [1.29, 1.82) is 0 Å². The van der Waals surface area contributed by atoms with E-state index in [1.807, 2.05) is 55.9 Å². The zero-order valence-corrected chi connectivity index (χ0v) is 108. The van der Waals surface area contributed by atoms with Gasteiger partial charge in [0.15, 0.2) is 86.9 Å². The van der Waals surface area contributed by atoms with Gasteiger partial charge in [-0.05, 0) is 231 Å². The molecule has 840 valence electrons. The molecule has 0 unspecified atom stereocenters. The Morgan fingerprint density at radius 2 is 0.776 bits per heavy atom. The van der Waals surface area contributed by atoms with Gasteiger partial charge in [-0.25, -0.2) is 4.79 Å². The number of benzene rings is 2. The Morgan fingerprint density at radius 1 is 0.401 bits per heavy atom.